The first-order valence-electron chi connectivity index (χ1n) is 16.2. The lowest BCUT2D eigenvalue weighted by Crippen LogP contribution is -2.53. The number of ether oxygens (including phenoxy) is 2. The summed E-state index contributed by atoms with van der Waals surface area (Å²) >= 11 is 0. The van der Waals surface area contributed by atoms with Crippen molar-refractivity contribution >= 4 is 22.6 Å². The predicted octanol–water partition coefficient (Wildman–Crippen LogP) is 5.73. The van der Waals surface area contributed by atoms with Crippen molar-refractivity contribution in [2.24, 2.45) is 5.41 Å². The number of aromatic nitrogens is 3. The van der Waals surface area contributed by atoms with Crippen molar-refractivity contribution in [2.75, 3.05) is 45.1 Å². The standard InChI is InChI=1S/C36H38FN7O3/c1-36(12-16-42(17-13-36)26-22-46-23-26)19-24(20-38)35(45)43-15-5-6-25(21-43)44-31-11-14-40-34(39)32(31)33(41-44)29-10-9-28(18-30(29)37)47-27-7-3-2-4-8-27/h2-4,7-11,14,18-19,25-26H,5-6,12-13,15-17,21-23H2,1H3,(H2,39,40)/b24-19+/t25-/m1/s1. The zero-order valence-corrected chi connectivity index (χ0v) is 26.4. The monoisotopic (exact) mass is 635 g/mol. The fourth-order valence-corrected chi connectivity index (χ4v) is 6.93. The van der Waals surface area contributed by atoms with Crippen LogP contribution in [0, 0.1) is 22.6 Å². The van der Waals surface area contributed by atoms with E-state index in [4.69, 9.17) is 20.3 Å². The molecule has 2 aromatic heterocycles. The molecule has 3 aliphatic rings. The maximum absolute atomic E-state index is 15.7. The van der Waals surface area contributed by atoms with Crippen LogP contribution in [0.3, 0.4) is 0 Å². The molecular weight excluding hydrogens is 597 g/mol. The third kappa shape index (κ3) is 6.19. The van der Waals surface area contributed by atoms with E-state index in [0.717, 1.165) is 52.0 Å². The van der Waals surface area contributed by atoms with E-state index in [1.165, 1.54) is 6.07 Å². The van der Waals surface area contributed by atoms with Gasteiger partial charge in [0.05, 0.1) is 36.2 Å². The normalized spacial score (nSPS) is 20.5. The summed E-state index contributed by atoms with van der Waals surface area (Å²) in [4.78, 5) is 22.3. The molecule has 3 saturated heterocycles. The number of para-hydroxylation sites is 1. The summed E-state index contributed by atoms with van der Waals surface area (Å²) in [5.41, 5.74) is 7.69. The van der Waals surface area contributed by atoms with Gasteiger partial charge in [-0.3, -0.25) is 14.4 Å². The topological polar surface area (TPSA) is 123 Å². The van der Waals surface area contributed by atoms with Gasteiger partial charge < -0.3 is 20.1 Å². The summed E-state index contributed by atoms with van der Waals surface area (Å²) in [5, 5.41) is 15.5. The van der Waals surface area contributed by atoms with Gasteiger partial charge in [-0.05, 0) is 74.5 Å². The molecule has 1 atom stereocenters. The minimum atomic E-state index is -0.502. The molecule has 4 aromatic rings. The number of anilines is 1. The number of carbonyl (C=O) groups is 1. The Morgan fingerprint density at radius 2 is 1.89 bits per heavy atom. The number of fused-ring (bicyclic) bond motifs is 1. The van der Waals surface area contributed by atoms with Crippen molar-refractivity contribution in [3.63, 3.8) is 0 Å². The zero-order valence-electron chi connectivity index (χ0n) is 26.4. The molecule has 242 valence electrons. The molecule has 11 heteroatoms. The first-order chi connectivity index (χ1) is 22.8. The van der Waals surface area contributed by atoms with Crippen molar-refractivity contribution in [3.8, 4) is 28.8 Å². The van der Waals surface area contributed by atoms with Crippen LogP contribution < -0.4 is 10.5 Å². The van der Waals surface area contributed by atoms with Crippen LogP contribution in [-0.2, 0) is 9.53 Å². The number of rotatable bonds is 7. The first-order valence-corrected chi connectivity index (χ1v) is 16.2. The number of hydrogen-bond donors (Lipinski definition) is 1. The van der Waals surface area contributed by atoms with E-state index >= 15 is 4.39 Å². The van der Waals surface area contributed by atoms with Crippen LogP contribution in [0.4, 0.5) is 10.2 Å². The number of benzene rings is 2. The van der Waals surface area contributed by atoms with Crippen LogP contribution in [0.15, 0.2) is 72.4 Å². The molecule has 5 heterocycles. The summed E-state index contributed by atoms with van der Waals surface area (Å²) in [6, 6.07) is 18.2. The van der Waals surface area contributed by atoms with Crippen LogP contribution in [-0.4, -0.2) is 75.9 Å². The molecule has 0 radical (unpaired) electrons. The SMILES string of the molecule is CC1(/C=C(\C#N)C(=O)N2CCC[C@@H](n3nc(-c4ccc(Oc5ccccc5)cc4F)c4c(N)nccc43)C2)CCN(C2COC2)CC1. The molecular formula is C36H38FN7O3. The Bertz CT molecular complexity index is 1860. The quantitative estimate of drug-likeness (QED) is 0.202. The van der Waals surface area contributed by atoms with Crippen LogP contribution in [0.5, 0.6) is 11.5 Å². The van der Waals surface area contributed by atoms with E-state index in [2.05, 4.69) is 22.9 Å². The molecule has 2 aromatic carbocycles. The van der Waals surface area contributed by atoms with Crippen LogP contribution >= 0.6 is 0 Å². The van der Waals surface area contributed by atoms with Crippen molar-refractivity contribution < 1.29 is 18.7 Å². The van der Waals surface area contributed by atoms with Gasteiger partial charge in [0, 0.05) is 30.9 Å². The average molecular weight is 636 g/mol. The Labute approximate surface area is 273 Å². The lowest BCUT2D eigenvalue weighted by atomic mass is 9.78. The number of halogens is 1. The Hall–Kier alpha value is -4.79. The van der Waals surface area contributed by atoms with E-state index in [9.17, 15) is 10.1 Å². The van der Waals surface area contributed by atoms with Gasteiger partial charge in [-0.2, -0.15) is 10.4 Å². The highest BCUT2D eigenvalue weighted by Gasteiger charge is 2.36. The molecule has 1 amide bonds. The number of nitriles is 1. The average Bonchev–Trinajstić information content (AvgIpc) is 3.45. The number of amides is 1. The summed E-state index contributed by atoms with van der Waals surface area (Å²) in [7, 11) is 0. The molecule has 0 saturated carbocycles. The highest BCUT2D eigenvalue weighted by atomic mass is 19.1. The number of allylic oxidation sites excluding steroid dienone is 1. The smallest absolute Gasteiger partial charge is 0.264 e. The Morgan fingerprint density at radius 3 is 2.60 bits per heavy atom. The van der Waals surface area contributed by atoms with Gasteiger partial charge in [-0.1, -0.05) is 31.2 Å². The van der Waals surface area contributed by atoms with Gasteiger partial charge in [-0.25, -0.2) is 9.37 Å². The maximum atomic E-state index is 15.7. The Balaban J connectivity index is 1.13. The molecule has 10 nitrogen and oxygen atoms in total. The molecule has 0 spiro atoms. The summed E-state index contributed by atoms with van der Waals surface area (Å²) in [6.45, 7) is 6.48. The molecule has 2 N–H and O–H groups in total. The van der Waals surface area contributed by atoms with Crippen LogP contribution in [0.2, 0.25) is 0 Å². The van der Waals surface area contributed by atoms with Gasteiger partial charge in [-0.15, -0.1) is 0 Å². The molecule has 7 rings (SSSR count). The van der Waals surface area contributed by atoms with E-state index in [-0.39, 0.29) is 34.3 Å². The number of nitrogens with two attached hydrogens (primary N) is 1. The molecule has 0 unspecified atom stereocenters. The lowest BCUT2D eigenvalue weighted by Gasteiger charge is -2.44. The molecule has 0 aliphatic carbocycles. The lowest BCUT2D eigenvalue weighted by molar-refractivity contribution is -0.128. The summed E-state index contributed by atoms with van der Waals surface area (Å²) < 4.78 is 28.7. The highest BCUT2D eigenvalue weighted by molar-refractivity contribution is 6.00. The van der Waals surface area contributed by atoms with E-state index in [0.29, 0.717) is 47.2 Å². The summed E-state index contributed by atoms with van der Waals surface area (Å²) in [6.07, 6.45) is 6.78. The van der Waals surface area contributed by atoms with Crippen molar-refractivity contribution in [3.05, 3.63) is 78.3 Å². The van der Waals surface area contributed by atoms with Gasteiger partial charge in [0.2, 0.25) is 0 Å². The zero-order chi connectivity index (χ0) is 32.5. The molecule has 3 aliphatic heterocycles. The maximum Gasteiger partial charge on any atom is 0.264 e. The van der Waals surface area contributed by atoms with Crippen molar-refractivity contribution in [1.82, 2.24) is 24.6 Å². The number of nitrogens with zero attached hydrogens (tertiary/aromatic N) is 6. The van der Waals surface area contributed by atoms with E-state index < -0.39 is 5.82 Å². The molecule has 3 fully saturated rings. The number of hydrogen-bond acceptors (Lipinski definition) is 8. The second-order valence-electron chi connectivity index (χ2n) is 13.0. The number of nitrogen functional groups attached to an aromatic ring is 1. The van der Waals surface area contributed by atoms with Crippen molar-refractivity contribution in [1.29, 1.82) is 5.26 Å². The molecule has 47 heavy (non-hydrogen) atoms. The minimum Gasteiger partial charge on any atom is -0.457 e. The largest absolute Gasteiger partial charge is 0.457 e. The highest BCUT2D eigenvalue weighted by Crippen LogP contribution is 2.38. The van der Waals surface area contributed by atoms with Crippen molar-refractivity contribution in [2.45, 2.75) is 44.7 Å². The number of piperidine rings is 2. The molecule has 0 bridgehead atoms. The van der Waals surface area contributed by atoms with Gasteiger partial charge >= 0.3 is 0 Å². The van der Waals surface area contributed by atoms with Gasteiger partial charge in [0.1, 0.15) is 40.5 Å². The summed E-state index contributed by atoms with van der Waals surface area (Å²) in [5.74, 6) is 0.453. The van der Waals surface area contributed by atoms with E-state index in [1.807, 2.05) is 35.0 Å². The van der Waals surface area contributed by atoms with E-state index in [1.54, 1.807) is 35.4 Å². The third-order valence-electron chi connectivity index (χ3n) is 9.77. The van der Waals surface area contributed by atoms with Crippen LogP contribution in [0.25, 0.3) is 22.2 Å². The number of likely N-dealkylation sites (tertiary alicyclic amines) is 2. The Morgan fingerprint density at radius 1 is 1.11 bits per heavy atom. The number of pyridine rings is 1. The Kier molecular flexibility index (Phi) is 8.39. The van der Waals surface area contributed by atoms with Gasteiger partial charge in [0.15, 0.2) is 0 Å². The first kappa shape index (κ1) is 30.8. The minimum absolute atomic E-state index is 0.188. The fourth-order valence-electron chi connectivity index (χ4n) is 6.93. The van der Waals surface area contributed by atoms with Gasteiger partial charge in [0.25, 0.3) is 5.91 Å². The number of carbonyl (C=O) groups excluding carboxylic acids is 1. The second-order valence-corrected chi connectivity index (χ2v) is 13.0. The predicted molar refractivity (Wildman–Crippen MR) is 176 cm³/mol. The second kappa shape index (κ2) is 12.8. The third-order valence-corrected chi connectivity index (χ3v) is 9.77. The van der Waals surface area contributed by atoms with Crippen LogP contribution in [0.1, 0.15) is 38.6 Å². The fraction of sp³-hybridized carbons (Fsp3) is 0.389.